The Morgan fingerprint density at radius 1 is 0.227 bits per heavy atom. The van der Waals surface area contributed by atoms with Crippen LogP contribution in [0.15, 0.2) is 376 Å². The lowest BCUT2D eigenvalue weighted by atomic mass is 9.33. The summed E-state index contributed by atoms with van der Waals surface area (Å²) in [6.07, 6.45) is 0. The summed E-state index contributed by atoms with van der Waals surface area (Å²) in [5, 5.41) is 7.24. The Kier molecular flexibility index (Phi) is 15.8. The monoisotopic (exact) mass is 1410 g/mol. The highest BCUT2D eigenvalue weighted by Gasteiger charge is 2.46. The molecule has 0 N–H and O–H groups in total. The Labute approximate surface area is 645 Å². The highest BCUT2D eigenvalue weighted by Crippen LogP contribution is 2.56. The van der Waals surface area contributed by atoms with E-state index in [9.17, 15) is 0 Å². The molecule has 0 fully saturated rings. The lowest BCUT2D eigenvalue weighted by Crippen LogP contribution is -2.61. The highest BCUT2D eigenvalue weighted by molar-refractivity contribution is 7.00. The van der Waals surface area contributed by atoms with E-state index in [1.165, 1.54) is 121 Å². The molecule has 110 heavy (non-hydrogen) atoms. The molecule has 0 aliphatic carbocycles. The molecule has 0 bridgehead atoms. The van der Waals surface area contributed by atoms with Gasteiger partial charge < -0.3 is 14.4 Å². The first-order valence-electron chi connectivity index (χ1n) is 38.7. The third kappa shape index (κ3) is 11.0. The molecular formula is C106H80BN3. The smallest absolute Gasteiger partial charge is 0.252 e. The van der Waals surface area contributed by atoms with E-state index in [-0.39, 0.29) is 17.5 Å². The Hall–Kier alpha value is -13.3. The van der Waals surface area contributed by atoms with Gasteiger partial charge in [-0.2, -0.15) is 0 Å². The zero-order chi connectivity index (χ0) is 73.9. The van der Waals surface area contributed by atoms with E-state index in [2.05, 4.69) is 432 Å². The fourth-order valence-corrected chi connectivity index (χ4v) is 18.0. The van der Waals surface area contributed by atoms with Crippen LogP contribution in [0, 0.1) is 0 Å². The molecule has 0 amide bonds. The van der Waals surface area contributed by atoms with Crippen LogP contribution in [0.25, 0.3) is 138 Å². The van der Waals surface area contributed by atoms with Gasteiger partial charge in [-0.1, -0.05) is 333 Å². The summed E-state index contributed by atoms with van der Waals surface area (Å²) < 4.78 is 2.50. The van der Waals surface area contributed by atoms with Crippen molar-refractivity contribution in [1.29, 1.82) is 0 Å². The van der Waals surface area contributed by atoms with Crippen molar-refractivity contribution in [3.8, 4) is 94.7 Å². The molecule has 4 heteroatoms. The second-order valence-electron chi connectivity index (χ2n) is 31.9. The van der Waals surface area contributed by atoms with Gasteiger partial charge in [0, 0.05) is 61.5 Å². The first kappa shape index (κ1) is 66.2. The zero-order valence-electron chi connectivity index (χ0n) is 62.7. The van der Waals surface area contributed by atoms with Gasteiger partial charge in [0.2, 0.25) is 0 Å². The summed E-state index contributed by atoms with van der Waals surface area (Å²) in [5.74, 6) is 0. The Balaban J connectivity index is 0.918. The van der Waals surface area contributed by atoms with Gasteiger partial charge in [0.25, 0.3) is 6.71 Å². The van der Waals surface area contributed by atoms with Crippen molar-refractivity contribution < 1.29 is 0 Å². The van der Waals surface area contributed by atoms with Gasteiger partial charge in [-0.05, 0) is 212 Å². The van der Waals surface area contributed by atoms with Gasteiger partial charge in [-0.15, -0.1) is 0 Å². The van der Waals surface area contributed by atoms with Crippen molar-refractivity contribution in [1.82, 2.24) is 4.57 Å². The zero-order valence-corrected chi connectivity index (χ0v) is 62.7. The number of nitrogens with zero attached hydrogens (tertiary/aromatic N) is 3. The lowest BCUT2D eigenvalue weighted by molar-refractivity contribution is 0.590. The molecule has 17 aromatic carbocycles. The highest BCUT2D eigenvalue weighted by atomic mass is 15.2. The fraction of sp³-hybridized carbons (Fsp3) is 0.0755. The molecule has 2 aliphatic heterocycles. The van der Waals surface area contributed by atoms with E-state index in [1.54, 1.807) is 0 Å². The summed E-state index contributed by atoms with van der Waals surface area (Å²) in [6.45, 7) is 13.9. The van der Waals surface area contributed by atoms with Crippen LogP contribution in [0.4, 0.5) is 34.1 Å². The van der Waals surface area contributed by atoms with Crippen LogP contribution < -0.4 is 26.2 Å². The van der Waals surface area contributed by atoms with E-state index < -0.39 is 0 Å². The maximum absolute atomic E-state index is 2.71. The molecule has 1 aromatic heterocycles. The summed E-state index contributed by atoms with van der Waals surface area (Å²) in [4.78, 5) is 5.40. The van der Waals surface area contributed by atoms with E-state index in [0.717, 1.165) is 78.8 Å². The molecule has 0 radical (unpaired) electrons. The topological polar surface area (TPSA) is 11.4 Å². The average Bonchev–Trinajstić information content (AvgIpc) is 0.740. The van der Waals surface area contributed by atoms with Crippen LogP contribution in [-0.4, -0.2) is 11.3 Å². The number of rotatable bonds is 11. The maximum atomic E-state index is 2.71. The van der Waals surface area contributed by atoms with Crippen LogP contribution in [0.1, 0.15) is 52.7 Å². The molecule has 20 rings (SSSR count). The molecular weight excluding hydrogens is 1330 g/mol. The Morgan fingerprint density at radius 2 is 0.545 bits per heavy atom. The average molecular weight is 1410 g/mol. The minimum absolute atomic E-state index is 0.188. The van der Waals surface area contributed by atoms with Crippen LogP contribution in [0.2, 0.25) is 0 Å². The van der Waals surface area contributed by atoms with Gasteiger partial charge in [-0.25, -0.2) is 0 Å². The van der Waals surface area contributed by atoms with Gasteiger partial charge in [0.15, 0.2) is 0 Å². The summed E-state index contributed by atoms with van der Waals surface area (Å²) in [5.41, 5.74) is 34.8. The molecule has 3 heterocycles. The largest absolute Gasteiger partial charge is 0.310 e. The van der Waals surface area contributed by atoms with Crippen molar-refractivity contribution in [3.63, 3.8) is 0 Å². The van der Waals surface area contributed by atoms with Gasteiger partial charge >= 0.3 is 0 Å². The number of hydrogen-bond acceptors (Lipinski definition) is 2. The molecule has 0 spiro atoms. The molecule has 18 aromatic rings. The molecule has 3 nitrogen and oxygen atoms in total. The molecule has 0 saturated heterocycles. The first-order chi connectivity index (χ1) is 53.9. The molecule has 2 aliphatic rings. The molecule has 522 valence electrons. The van der Waals surface area contributed by atoms with E-state index in [1.807, 2.05) is 0 Å². The van der Waals surface area contributed by atoms with E-state index in [4.69, 9.17) is 0 Å². The minimum atomic E-state index is -0.241. The van der Waals surface area contributed by atoms with E-state index >= 15 is 0 Å². The maximum Gasteiger partial charge on any atom is 0.252 e. The Bertz CT molecular complexity index is 6360. The van der Waals surface area contributed by atoms with E-state index in [0.29, 0.717) is 0 Å². The normalized spacial score (nSPS) is 12.6. The fourth-order valence-electron chi connectivity index (χ4n) is 18.0. The van der Waals surface area contributed by atoms with Crippen molar-refractivity contribution in [3.05, 3.63) is 387 Å². The standard InChI is InChI=1S/C106H80BN3/c1-105(2,3)79-64-88(71-38-17-9-18-39-71)103(89(65-79)72-40-19-10-20-41-72)109-96-54-33-55-97-102(96)107(92-58-56-75(63-98(92)109)100-84-48-25-27-50-86(84)101(87-51-28-26-49-85(87)100)78-61-76(69-34-13-7-14-35-69)60-77(62-78)70-36-15-8-16-37-70)93-59-57-81(108-94-52-31-29-46-82(94)83-47-30-32-53-95(83)108)68-99(93)110(97)104-90(73-42-21-11-22-43-73)66-80(106(4,5)6)67-91(104)74-44-23-12-24-45-74/h7-68H,1-6H3. The Morgan fingerprint density at radius 3 is 0.927 bits per heavy atom. The SMILES string of the molecule is CC(C)(C)c1cc(-c2ccccc2)c(N2c3cc(-c4c5ccccc5c(-c5cc(-c6ccccc6)cc(-c6ccccc6)c5)c5ccccc45)ccc3B3c4ccc(-n5c6ccccc6c6ccccc65)cc4N(c4c(-c5ccccc5)cc(C(C)(C)C)cc4-c4ccccc4)c4cccc2c43)c(-c2ccccc2)c1. The lowest BCUT2D eigenvalue weighted by Gasteiger charge is -2.46. The summed E-state index contributed by atoms with van der Waals surface area (Å²) >= 11 is 0. The van der Waals surface area contributed by atoms with Crippen LogP contribution >= 0.6 is 0 Å². The van der Waals surface area contributed by atoms with Gasteiger partial charge in [0.1, 0.15) is 0 Å². The first-order valence-corrected chi connectivity index (χ1v) is 38.7. The number of fused-ring (bicyclic) bond motifs is 9. The summed E-state index contributed by atoms with van der Waals surface area (Å²) in [7, 11) is 0. The summed E-state index contributed by atoms with van der Waals surface area (Å²) in [6, 6.07) is 142. The van der Waals surface area contributed by atoms with Crippen molar-refractivity contribution >= 4 is 101 Å². The van der Waals surface area contributed by atoms with Crippen molar-refractivity contribution in [2.24, 2.45) is 0 Å². The van der Waals surface area contributed by atoms with Crippen LogP contribution in [-0.2, 0) is 10.8 Å². The minimum Gasteiger partial charge on any atom is -0.310 e. The van der Waals surface area contributed by atoms with Gasteiger partial charge in [-0.3, -0.25) is 0 Å². The quantitative estimate of drug-likeness (QED) is 0.0944. The predicted octanol–water partition coefficient (Wildman–Crippen LogP) is 27.1. The van der Waals surface area contributed by atoms with Crippen LogP contribution in [0.5, 0.6) is 0 Å². The molecule has 0 saturated carbocycles. The predicted molar refractivity (Wildman–Crippen MR) is 471 cm³/mol. The third-order valence-corrected chi connectivity index (χ3v) is 23.2. The molecule has 0 unspecified atom stereocenters. The molecule has 0 atom stereocenters. The number of hydrogen-bond donors (Lipinski definition) is 0. The number of anilines is 6. The number of para-hydroxylation sites is 2. The number of benzene rings is 17. The van der Waals surface area contributed by atoms with Crippen molar-refractivity contribution in [2.45, 2.75) is 52.4 Å². The number of aromatic nitrogens is 1. The second-order valence-corrected chi connectivity index (χ2v) is 31.9. The van der Waals surface area contributed by atoms with Crippen molar-refractivity contribution in [2.75, 3.05) is 9.80 Å². The van der Waals surface area contributed by atoms with Gasteiger partial charge in [0.05, 0.1) is 22.4 Å². The third-order valence-electron chi connectivity index (χ3n) is 23.2. The van der Waals surface area contributed by atoms with Crippen LogP contribution in [0.3, 0.4) is 0 Å². The second kappa shape index (κ2) is 26.3.